The van der Waals surface area contributed by atoms with E-state index in [1.54, 1.807) is 12.1 Å². The first-order valence-corrected chi connectivity index (χ1v) is 8.46. The normalized spacial score (nSPS) is 22.1. The highest BCUT2D eigenvalue weighted by Gasteiger charge is 2.31. The maximum atomic E-state index is 12.0. The second kappa shape index (κ2) is 7.38. The molecular formula is C17H24N4O4. The molecule has 1 fully saturated rings. The second-order valence-corrected chi connectivity index (χ2v) is 6.67. The number of rotatable bonds is 4. The van der Waals surface area contributed by atoms with Gasteiger partial charge in [0.1, 0.15) is 6.54 Å². The van der Waals surface area contributed by atoms with Gasteiger partial charge in [0.05, 0.1) is 0 Å². The minimum atomic E-state index is -1.09. The molecule has 1 unspecified atom stereocenters. The number of carboxylic acids is 1. The molecule has 2 aliphatic rings. The minimum absolute atomic E-state index is 0.324. The Labute approximate surface area is 146 Å². The molecule has 2 aliphatic heterocycles. The molecule has 3 rings (SSSR count). The van der Waals surface area contributed by atoms with Gasteiger partial charge in [0, 0.05) is 23.8 Å². The predicted octanol–water partition coefficient (Wildman–Crippen LogP) is 0.0986. The fourth-order valence-corrected chi connectivity index (χ4v) is 3.41. The number of hydrogen-bond acceptors (Lipinski definition) is 6. The molecule has 0 aromatic heterocycles. The summed E-state index contributed by atoms with van der Waals surface area (Å²) >= 11 is 0. The fourth-order valence-electron chi connectivity index (χ4n) is 3.41. The van der Waals surface area contributed by atoms with Crippen LogP contribution in [0, 0.1) is 0 Å². The molecule has 0 spiro atoms. The van der Waals surface area contributed by atoms with Crippen LogP contribution in [0.1, 0.15) is 28.8 Å². The van der Waals surface area contributed by atoms with E-state index in [0.717, 1.165) is 31.5 Å². The third-order valence-electron chi connectivity index (χ3n) is 4.88. The van der Waals surface area contributed by atoms with Crippen molar-refractivity contribution >= 4 is 17.6 Å². The van der Waals surface area contributed by atoms with Crippen molar-refractivity contribution in [3.8, 4) is 0 Å². The molecule has 0 aliphatic carbocycles. The summed E-state index contributed by atoms with van der Waals surface area (Å²) in [6.07, 6.45) is 1.23. The first-order chi connectivity index (χ1) is 11.9. The van der Waals surface area contributed by atoms with Crippen molar-refractivity contribution in [2.45, 2.75) is 31.8 Å². The van der Waals surface area contributed by atoms with Crippen LogP contribution in [-0.2, 0) is 11.3 Å². The van der Waals surface area contributed by atoms with Crippen molar-refractivity contribution < 1.29 is 19.8 Å². The van der Waals surface area contributed by atoms with Gasteiger partial charge in [-0.05, 0) is 50.7 Å². The lowest BCUT2D eigenvalue weighted by Crippen LogP contribution is -2.52. The number of anilines is 1. The van der Waals surface area contributed by atoms with E-state index < -0.39 is 24.8 Å². The fraction of sp³-hybridized carbons (Fsp3) is 0.529. The average molecular weight is 348 g/mol. The molecular weight excluding hydrogens is 324 g/mol. The van der Waals surface area contributed by atoms with E-state index in [9.17, 15) is 14.7 Å². The number of amides is 1. The summed E-state index contributed by atoms with van der Waals surface area (Å²) in [5.74, 6) is -1.53. The summed E-state index contributed by atoms with van der Waals surface area (Å²) in [5, 5.41) is 24.5. The Morgan fingerprint density at radius 1 is 1.32 bits per heavy atom. The number of piperidine rings is 1. The minimum Gasteiger partial charge on any atom is -0.480 e. The summed E-state index contributed by atoms with van der Waals surface area (Å²) in [6.45, 7) is 2.23. The molecule has 1 aromatic carbocycles. The highest BCUT2D eigenvalue weighted by atomic mass is 16.4. The number of aliphatic hydroxyl groups excluding tert-OH is 1. The van der Waals surface area contributed by atoms with Gasteiger partial charge in [-0.2, -0.15) is 0 Å². The highest BCUT2D eigenvalue weighted by Crippen LogP contribution is 2.29. The summed E-state index contributed by atoms with van der Waals surface area (Å²) in [6, 6.07) is 5.51. The number of aliphatic carboxylic acids is 1. The number of nitrogens with one attached hydrogen (secondary N) is 2. The monoisotopic (exact) mass is 348 g/mol. The second-order valence-electron chi connectivity index (χ2n) is 6.67. The van der Waals surface area contributed by atoms with E-state index in [1.807, 2.05) is 6.07 Å². The Hall–Kier alpha value is -2.16. The van der Waals surface area contributed by atoms with Crippen molar-refractivity contribution in [1.29, 1.82) is 0 Å². The highest BCUT2D eigenvalue weighted by molar-refractivity contribution is 5.96. The van der Waals surface area contributed by atoms with Crippen molar-refractivity contribution in [3.05, 3.63) is 29.3 Å². The Morgan fingerprint density at radius 3 is 2.72 bits per heavy atom. The lowest BCUT2D eigenvalue weighted by molar-refractivity contribution is -0.135. The molecule has 0 bridgehead atoms. The zero-order chi connectivity index (χ0) is 18.0. The van der Waals surface area contributed by atoms with Crippen LogP contribution in [0.3, 0.4) is 0 Å². The van der Waals surface area contributed by atoms with Gasteiger partial charge in [0.25, 0.3) is 5.91 Å². The molecule has 0 saturated carbocycles. The SMILES string of the molecule is CN1CCC(N2Cc3ccc(C(=O)NCC(=O)O)cc3NC2O)CC1. The number of benzene rings is 1. The standard InChI is InChI=1S/C17H24N4O4/c1-20-6-4-13(5-7-20)21-10-12-3-2-11(8-14(12)19-17(21)25)16(24)18-9-15(22)23/h2-3,8,13,17,19,25H,4-7,9-10H2,1H3,(H,18,24)(H,22,23). The van der Waals surface area contributed by atoms with Gasteiger partial charge in [-0.1, -0.05) is 6.07 Å². The van der Waals surface area contributed by atoms with Crippen molar-refractivity contribution in [3.63, 3.8) is 0 Å². The van der Waals surface area contributed by atoms with Crippen molar-refractivity contribution in [2.24, 2.45) is 0 Å². The molecule has 1 saturated heterocycles. The number of carbonyl (C=O) groups is 2. The van der Waals surface area contributed by atoms with Gasteiger partial charge in [0.15, 0.2) is 6.35 Å². The number of carboxylic acid groups (broad SMARTS) is 1. The molecule has 25 heavy (non-hydrogen) atoms. The smallest absolute Gasteiger partial charge is 0.322 e. The summed E-state index contributed by atoms with van der Waals surface area (Å²) in [7, 11) is 2.10. The predicted molar refractivity (Wildman–Crippen MR) is 92.1 cm³/mol. The first-order valence-electron chi connectivity index (χ1n) is 8.46. The zero-order valence-electron chi connectivity index (χ0n) is 14.2. The number of aliphatic hydroxyl groups is 1. The zero-order valence-corrected chi connectivity index (χ0v) is 14.2. The number of fused-ring (bicyclic) bond motifs is 1. The van der Waals surface area contributed by atoms with E-state index in [2.05, 4.69) is 27.5 Å². The van der Waals surface area contributed by atoms with Crippen molar-refractivity contribution in [2.75, 3.05) is 32.0 Å². The summed E-state index contributed by atoms with van der Waals surface area (Å²) in [5.41, 5.74) is 2.09. The van der Waals surface area contributed by atoms with Crippen LogP contribution < -0.4 is 10.6 Å². The quantitative estimate of drug-likeness (QED) is 0.611. The van der Waals surface area contributed by atoms with E-state index in [-0.39, 0.29) is 0 Å². The lowest BCUT2D eigenvalue weighted by atomic mass is 10.00. The van der Waals surface area contributed by atoms with E-state index in [1.165, 1.54) is 0 Å². The molecule has 1 aromatic rings. The Morgan fingerprint density at radius 2 is 2.04 bits per heavy atom. The van der Waals surface area contributed by atoms with Gasteiger partial charge in [-0.25, -0.2) is 0 Å². The largest absolute Gasteiger partial charge is 0.480 e. The van der Waals surface area contributed by atoms with Crippen LogP contribution in [0.5, 0.6) is 0 Å². The summed E-state index contributed by atoms with van der Waals surface area (Å²) < 4.78 is 0. The maximum Gasteiger partial charge on any atom is 0.322 e. The van der Waals surface area contributed by atoms with Crippen LogP contribution in [0.15, 0.2) is 18.2 Å². The van der Waals surface area contributed by atoms with Crippen LogP contribution >= 0.6 is 0 Å². The number of likely N-dealkylation sites (tertiary alicyclic amines) is 1. The molecule has 4 N–H and O–H groups in total. The van der Waals surface area contributed by atoms with Gasteiger partial charge in [0.2, 0.25) is 0 Å². The number of carbonyl (C=O) groups excluding carboxylic acids is 1. The molecule has 2 heterocycles. The van der Waals surface area contributed by atoms with Crippen molar-refractivity contribution in [1.82, 2.24) is 15.1 Å². The first kappa shape index (κ1) is 17.7. The van der Waals surface area contributed by atoms with Gasteiger partial charge >= 0.3 is 5.97 Å². The van der Waals surface area contributed by atoms with Gasteiger partial charge in [-0.3, -0.25) is 14.5 Å². The third kappa shape index (κ3) is 4.09. The van der Waals surface area contributed by atoms with Crippen LogP contribution in [0.4, 0.5) is 5.69 Å². The van der Waals surface area contributed by atoms with Gasteiger partial charge < -0.3 is 25.7 Å². The Balaban J connectivity index is 1.69. The van der Waals surface area contributed by atoms with Crippen LogP contribution in [-0.4, -0.2) is 71.0 Å². The molecule has 8 heteroatoms. The number of nitrogens with zero attached hydrogens (tertiary/aromatic N) is 2. The third-order valence-corrected chi connectivity index (χ3v) is 4.88. The molecule has 0 radical (unpaired) electrons. The maximum absolute atomic E-state index is 12.0. The number of hydrogen-bond donors (Lipinski definition) is 4. The topological polar surface area (TPSA) is 105 Å². The molecule has 1 amide bonds. The lowest BCUT2D eigenvalue weighted by Gasteiger charge is -2.43. The molecule has 1 atom stereocenters. The van der Waals surface area contributed by atoms with Crippen LogP contribution in [0.25, 0.3) is 0 Å². The molecule has 8 nitrogen and oxygen atoms in total. The Bertz CT molecular complexity index is 658. The van der Waals surface area contributed by atoms with E-state index >= 15 is 0 Å². The van der Waals surface area contributed by atoms with Gasteiger partial charge in [-0.15, -0.1) is 0 Å². The van der Waals surface area contributed by atoms with E-state index in [0.29, 0.717) is 23.8 Å². The molecule has 136 valence electrons. The summed E-state index contributed by atoms with van der Waals surface area (Å²) in [4.78, 5) is 26.9. The van der Waals surface area contributed by atoms with E-state index in [4.69, 9.17) is 5.11 Å². The Kier molecular flexibility index (Phi) is 5.22. The van der Waals surface area contributed by atoms with Crippen LogP contribution in [0.2, 0.25) is 0 Å². The average Bonchev–Trinajstić information content (AvgIpc) is 2.59.